The molecular formula is C18H27ClN4O2. The molecule has 0 bridgehead atoms. The molecule has 3 N–H and O–H groups in total. The molecule has 3 rings (SSSR count). The Balaban J connectivity index is 0.00000225. The second-order valence-electron chi connectivity index (χ2n) is 7.81. The summed E-state index contributed by atoms with van der Waals surface area (Å²) in [5, 5.41) is 7.90. The summed E-state index contributed by atoms with van der Waals surface area (Å²) in [7, 11) is 0. The summed E-state index contributed by atoms with van der Waals surface area (Å²) < 4.78 is 5.47. The number of pyridine rings is 1. The van der Waals surface area contributed by atoms with Crippen LogP contribution in [-0.2, 0) is 6.42 Å². The van der Waals surface area contributed by atoms with E-state index in [1.54, 1.807) is 0 Å². The zero-order valence-corrected chi connectivity index (χ0v) is 15.9. The summed E-state index contributed by atoms with van der Waals surface area (Å²) in [6.07, 6.45) is 3.73. The van der Waals surface area contributed by atoms with Crippen LogP contribution in [0, 0.1) is 5.41 Å². The Morgan fingerprint density at radius 3 is 2.72 bits per heavy atom. The van der Waals surface area contributed by atoms with Crippen LogP contribution in [0.2, 0.25) is 0 Å². The highest BCUT2D eigenvalue weighted by atomic mass is 35.5. The molecule has 0 aliphatic heterocycles. The van der Waals surface area contributed by atoms with Gasteiger partial charge < -0.3 is 15.6 Å². The quantitative estimate of drug-likeness (QED) is 0.765. The van der Waals surface area contributed by atoms with Crippen molar-refractivity contribution in [2.24, 2.45) is 11.1 Å². The van der Waals surface area contributed by atoms with Gasteiger partial charge in [0.2, 0.25) is 0 Å². The molecule has 1 aliphatic rings. The lowest BCUT2D eigenvalue weighted by Crippen LogP contribution is -2.26. The van der Waals surface area contributed by atoms with Gasteiger partial charge in [-0.3, -0.25) is 4.79 Å². The van der Waals surface area contributed by atoms with Crippen molar-refractivity contribution in [3.8, 4) is 0 Å². The van der Waals surface area contributed by atoms with Gasteiger partial charge in [0.15, 0.2) is 0 Å². The third kappa shape index (κ3) is 4.70. The lowest BCUT2D eigenvalue weighted by molar-refractivity contribution is 0.0955. The summed E-state index contributed by atoms with van der Waals surface area (Å²) in [5.41, 5.74) is 8.39. The first-order valence-electron chi connectivity index (χ1n) is 8.66. The van der Waals surface area contributed by atoms with Gasteiger partial charge in [-0.15, -0.1) is 12.4 Å². The van der Waals surface area contributed by atoms with Crippen molar-refractivity contribution in [3.05, 3.63) is 23.0 Å². The van der Waals surface area contributed by atoms with E-state index in [9.17, 15) is 4.79 Å². The van der Waals surface area contributed by atoms with Crippen molar-refractivity contribution < 1.29 is 9.32 Å². The van der Waals surface area contributed by atoms with Crippen LogP contribution < -0.4 is 11.1 Å². The fourth-order valence-electron chi connectivity index (χ4n) is 2.82. The lowest BCUT2D eigenvalue weighted by atomic mass is 9.89. The summed E-state index contributed by atoms with van der Waals surface area (Å²) >= 11 is 0. The molecule has 0 spiro atoms. The summed E-state index contributed by atoms with van der Waals surface area (Å²) in [4.78, 5) is 17.3. The number of nitrogens with two attached hydrogens (primary N) is 1. The SMILES string of the molecule is CC(C)(C)Cc1noc2nc(C3CC3)cc(C(=O)NCCCN)c12.Cl. The van der Waals surface area contributed by atoms with Gasteiger partial charge in [-0.25, -0.2) is 4.98 Å². The molecule has 0 unspecified atom stereocenters. The van der Waals surface area contributed by atoms with Crippen LogP contribution in [-0.4, -0.2) is 29.1 Å². The van der Waals surface area contributed by atoms with Gasteiger partial charge in [0.25, 0.3) is 11.6 Å². The van der Waals surface area contributed by atoms with E-state index in [2.05, 4.69) is 36.2 Å². The Hall–Kier alpha value is -1.66. The molecule has 7 heteroatoms. The first-order chi connectivity index (χ1) is 11.4. The fourth-order valence-corrected chi connectivity index (χ4v) is 2.82. The minimum Gasteiger partial charge on any atom is -0.352 e. The topological polar surface area (TPSA) is 94.0 Å². The summed E-state index contributed by atoms with van der Waals surface area (Å²) in [6, 6.07) is 1.92. The van der Waals surface area contributed by atoms with E-state index in [0.717, 1.165) is 42.5 Å². The molecule has 1 fully saturated rings. The van der Waals surface area contributed by atoms with E-state index in [1.807, 2.05) is 6.07 Å². The van der Waals surface area contributed by atoms with E-state index in [1.165, 1.54) is 0 Å². The molecule has 2 heterocycles. The number of amides is 1. The van der Waals surface area contributed by atoms with Crippen LogP contribution in [0.4, 0.5) is 0 Å². The van der Waals surface area contributed by atoms with Crippen molar-refractivity contribution >= 4 is 29.4 Å². The normalized spacial score (nSPS) is 14.4. The largest absolute Gasteiger partial charge is 0.352 e. The van der Waals surface area contributed by atoms with E-state index in [-0.39, 0.29) is 23.7 Å². The number of nitrogens with one attached hydrogen (secondary N) is 1. The van der Waals surface area contributed by atoms with Crippen LogP contribution in [0.15, 0.2) is 10.6 Å². The molecule has 138 valence electrons. The maximum atomic E-state index is 12.7. The number of hydrogen-bond acceptors (Lipinski definition) is 5. The molecule has 1 amide bonds. The molecule has 6 nitrogen and oxygen atoms in total. The van der Waals surface area contributed by atoms with Crippen molar-refractivity contribution in [2.45, 2.75) is 52.4 Å². The van der Waals surface area contributed by atoms with Crippen molar-refractivity contribution in [1.29, 1.82) is 0 Å². The molecule has 2 aromatic heterocycles. The van der Waals surface area contributed by atoms with Gasteiger partial charge in [0.05, 0.1) is 16.6 Å². The number of rotatable bonds is 6. The summed E-state index contributed by atoms with van der Waals surface area (Å²) in [6.45, 7) is 7.54. The zero-order valence-electron chi connectivity index (χ0n) is 15.1. The van der Waals surface area contributed by atoms with E-state index >= 15 is 0 Å². The molecule has 0 atom stereocenters. The lowest BCUT2D eigenvalue weighted by Gasteiger charge is -2.16. The number of fused-ring (bicyclic) bond motifs is 1. The zero-order chi connectivity index (χ0) is 17.3. The predicted octanol–water partition coefficient (Wildman–Crippen LogP) is 3.19. The van der Waals surface area contributed by atoms with Gasteiger partial charge in [0.1, 0.15) is 0 Å². The second kappa shape index (κ2) is 7.70. The van der Waals surface area contributed by atoms with Crippen molar-refractivity contribution in [2.75, 3.05) is 13.1 Å². The Morgan fingerprint density at radius 1 is 1.40 bits per heavy atom. The van der Waals surface area contributed by atoms with Gasteiger partial charge in [0, 0.05) is 18.2 Å². The van der Waals surface area contributed by atoms with Crippen LogP contribution in [0.1, 0.15) is 67.7 Å². The Kier molecular flexibility index (Phi) is 6.06. The number of carbonyl (C=O) groups is 1. The van der Waals surface area contributed by atoms with Crippen molar-refractivity contribution in [3.63, 3.8) is 0 Å². The number of nitrogens with zero attached hydrogens (tertiary/aromatic N) is 2. The van der Waals surface area contributed by atoms with E-state index < -0.39 is 0 Å². The van der Waals surface area contributed by atoms with Gasteiger partial charge in [-0.2, -0.15) is 0 Å². The fraction of sp³-hybridized carbons (Fsp3) is 0.611. The van der Waals surface area contributed by atoms with Crippen LogP contribution in [0.5, 0.6) is 0 Å². The maximum Gasteiger partial charge on any atom is 0.259 e. The van der Waals surface area contributed by atoms with Crippen molar-refractivity contribution in [1.82, 2.24) is 15.5 Å². The smallest absolute Gasteiger partial charge is 0.259 e. The number of hydrogen-bond donors (Lipinski definition) is 2. The minimum atomic E-state index is -0.101. The molecule has 1 saturated carbocycles. The molecule has 0 radical (unpaired) electrons. The van der Waals surface area contributed by atoms with Gasteiger partial charge in [-0.1, -0.05) is 25.9 Å². The molecule has 1 aliphatic carbocycles. The van der Waals surface area contributed by atoms with Crippen LogP contribution >= 0.6 is 12.4 Å². The molecular weight excluding hydrogens is 340 g/mol. The third-order valence-electron chi connectivity index (χ3n) is 4.14. The predicted molar refractivity (Wildman–Crippen MR) is 100 cm³/mol. The standard InChI is InChI=1S/C18H26N4O2.ClH/c1-18(2,3)10-14-15-12(16(23)20-8-4-7-19)9-13(11-5-6-11)21-17(15)24-22-14;/h9,11H,4-8,10,19H2,1-3H3,(H,20,23);1H. The number of halogens is 1. The minimum absolute atomic E-state index is 0. The Morgan fingerprint density at radius 2 is 2.12 bits per heavy atom. The maximum absolute atomic E-state index is 12.7. The Labute approximate surface area is 154 Å². The summed E-state index contributed by atoms with van der Waals surface area (Å²) in [5.74, 6) is 0.345. The average Bonchev–Trinajstić information content (AvgIpc) is 3.29. The third-order valence-corrected chi connectivity index (χ3v) is 4.14. The highest BCUT2D eigenvalue weighted by Crippen LogP contribution is 2.40. The van der Waals surface area contributed by atoms with Crippen LogP contribution in [0.3, 0.4) is 0 Å². The Bertz CT molecular complexity index is 747. The number of carbonyl (C=O) groups excluding carboxylic acids is 1. The number of aromatic nitrogens is 2. The van der Waals surface area contributed by atoms with Crippen LogP contribution in [0.25, 0.3) is 11.1 Å². The second-order valence-corrected chi connectivity index (χ2v) is 7.81. The first-order valence-corrected chi connectivity index (χ1v) is 8.66. The highest BCUT2D eigenvalue weighted by Gasteiger charge is 2.29. The van der Waals surface area contributed by atoms with E-state index in [0.29, 0.717) is 30.3 Å². The highest BCUT2D eigenvalue weighted by molar-refractivity contribution is 6.06. The monoisotopic (exact) mass is 366 g/mol. The van der Waals surface area contributed by atoms with Gasteiger partial charge in [-0.05, 0) is 43.7 Å². The molecule has 25 heavy (non-hydrogen) atoms. The molecule has 0 aromatic carbocycles. The van der Waals surface area contributed by atoms with E-state index in [4.69, 9.17) is 10.3 Å². The molecule has 2 aromatic rings. The average molecular weight is 367 g/mol. The first kappa shape index (κ1) is 19.7. The molecule has 0 saturated heterocycles. The van der Waals surface area contributed by atoms with Gasteiger partial charge >= 0.3 is 0 Å².